The van der Waals surface area contributed by atoms with Gasteiger partial charge in [0.15, 0.2) is 0 Å². The first kappa shape index (κ1) is 24.8. The van der Waals surface area contributed by atoms with Crippen molar-refractivity contribution in [2.45, 2.75) is 77.6 Å². The minimum Gasteiger partial charge on any atom is -0.303 e. The highest BCUT2D eigenvalue weighted by Crippen LogP contribution is 2.36. The zero-order chi connectivity index (χ0) is 22.1. The van der Waals surface area contributed by atoms with Gasteiger partial charge in [-0.15, -0.1) is 0 Å². The lowest BCUT2D eigenvalue weighted by molar-refractivity contribution is 0.193. The first-order valence-corrected chi connectivity index (χ1v) is 12.6. The van der Waals surface area contributed by atoms with Crippen LogP contribution < -0.4 is 0 Å². The van der Waals surface area contributed by atoms with Gasteiger partial charge in [-0.3, -0.25) is 4.52 Å². The third-order valence-corrected chi connectivity index (χ3v) is 6.18. The minimum absolute atomic E-state index is 0.112. The molecule has 0 spiro atoms. The molecule has 0 aliphatic heterocycles. The number of hydrogen-bond donors (Lipinski definition) is 2. The highest BCUT2D eigenvalue weighted by atomic mass is 31.2. The molecule has 0 bridgehead atoms. The molecular weight excluding hydrogens is 395 g/mol. The summed E-state index contributed by atoms with van der Waals surface area (Å²) in [6.07, 6.45) is 4.72. The molecule has 4 nitrogen and oxygen atoms in total. The van der Waals surface area contributed by atoms with Gasteiger partial charge in [-0.05, 0) is 46.9 Å². The van der Waals surface area contributed by atoms with E-state index in [9.17, 15) is 4.57 Å². The van der Waals surface area contributed by atoms with Crippen LogP contribution in [0.4, 0.5) is 0 Å². The Balaban J connectivity index is 2.01. The highest BCUT2D eigenvalue weighted by molar-refractivity contribution is 7.46. The highest BCUT2D eigenvalue weighted by Gasteiger charge is 2.16. The van der Waals surface area contributed by atoms with Crippen molar-refractivity contribution in [3.63, 3.8) is 0 Å². The molecule has 2 rings (SSSR count). The summed E-state index contributed by atoms with van der Waals surface area (Å²) in [7, 11) is -4.34. The minimum atomic E-state index is -4.34. The van der Waals surface area contributed by atoms with E-state index in [1.54, 1.807) is 0 Å². The van der Waals surface area contributed by atoms with Crippen LogP contribution in [0.1, 0.15) is 99.8 Å². The molecule has 0 radical (unpaired) electrons. The van der Waals surface area contributed by atoms with Gasteiger partial charge in [0, 0.05) is 5.92 Å². The van der Waals surface area contributed by atoms with Gasteiger partial charge in [0.2, 0.25) is 0 Å². The van der Waals surface area contributed by atoms with Gasteiger partial charge in [0.25, 0.3) is 0 Å². The number of phosphoric ester groups is 1. The van der Waals surface area contributed by atoms with Crippen LogP contribution in [-0.2, 0) is 9.09 Å². The molecule has 2 N–H and O–H groups in total. The van der Waals surface area contributed by atoms with Crippen LogP contribution in [0.25, 0.3) is 0 Å². The zero-order valence-corrected chi connectivity index (χ0v) is 19.6. The van der Waals surface area contributed by atoms with E-state index < -0.39 is 7.82 Å². The van der Waals surface area contributed by atoms with E-state index in [0.717, 1.165) is 25.7 Å². The molecule has 2 aromatic rings. The molecule has 166 valence electrons. The van der Waals surface area contributed by atoms with Crippen molar-refractivity contribution >= 4 is 7.82 Å². The molecule has 0 unspecified atom stereocenters. The largest absolute Gasteiger partial charge is 0.469 e. The summed E-state index contributed by atoms with van der Waals surface area (Å²) in [6.45, 7) is 8.97. The molecule has 0 saturated carbocycles. The average molecular weight is 433 g/mol. The Labute approximate surface area is 181 Å². The van der Waals surface area contributed by atoms with Gasteiger partial charge in [0.1, 0.15) is 0 Å². The summed E-state index contributed by atoms with van der Waals surface area (Å²) in [6, 6.07) is 18.1. The number of rotatable bonds is 12. The van der Waals surface area contributed by atoms with E-state index >= 15 is 0 Å². The summed E-state index contributed by atoms with van der Waals surface area (Å²) >= 11 is 0. The molecule has 0 saturated heterocycles. The lowest BCUT2D eigenvalue weighted by atomic mass is 9.85. The van der Waals surface area contributed by atoms with Crippen LogP contribution in [0.5, 0.6) is 0 Å². The Hall–Kier alpha value is -1.45. The van der Waals surface area contributed by atoms with Crippen LogP contribution in [-0.4, -0.2) is 16.4 Å². The first-order chi connectivity index (χ1) is 14.2. The second-order valence-electron chi connectivity index (χ2n) is 8.72. The van der Waals surface area contributed by atoms with E-state index in [0.29, 0.717) is 24.2 Å². The van der Waals surface area contributed by atoms with Gasteiger partial charge in [-0.2, -0.15) is 0 Å². The SMILES string of the molecule is CC(C)c1ccc(C(CCCCCCOP(=O)(O)O)c2ccc(C(C)C)cc2)cc1. The predicted octanol–water partition coefficient (Wildman–Crippen LogP) is 7.13. The smallest absolute Gasteiger partial charge is 0.303 e. The molecule has 0 heterocycles. The maximum absolute atomic E-state index is 10.7. The molecule has 0 amide bonds. The van der Waals surface area contributed by atoms with E-state index in [4.69, 9.17) is 9.79 Å². The van der Waals surface area contributed by atoms with Crippen LogP contribution in [0.2, 0.25) is 0 Å². The number of benzene rings is 2. The van der Waals surface area contributed by atoms with Gasteiger partial charge in [0.05, 0.1) is 6.61 Å². The van der Waals surface area contributed by atoms with E-state index in [1.807, 2.05) is 0 Å². The van der Waals surface area contributed by atoms with Gasteiger partial charge in [-0.1, -0.05) is 95.5 Å². The second kappa shape index (κ2) is 11.8. The average Bonchev–Trinajstić information content (AvgIpc) is 2.69. The molecule has 0 atom stereocenters. The maximum Gasteiger partial charge on any atom is 0.469 e. The van der Waals surface area contributed by atoms with Crippen molar-refractivity contribution in [1.82, 2.24) is 0 Å². The van der Waals surface area contributed by atoms with E-state index in [-0.39, 0.29) is 6.61 Å². The topological polar surface area (TPSA) is 66.8 Å². The fourth-order valence-corrected chi connectivity index (χ4v) is 4.11. The molecule has 30 heavy (non-hydrogen) atoms. The lowest BCUT2D eigenvalue weighted by Gasteiger charge is -2.20. The summed E-state index contributed by atoms with van der Waals surface area (Å²) < 4.78 is 15.3. The summed E-state index contributed by atoms with van der Waals surface area (Å²) in [5, 5.41) is 0. The fourth-order valence-electron chi connectivity index (χ4n) is 3.74. The van der Waals surface area contributed by atoms with Gasteiger partial charge < -0.3 is 9.79 Å². The molecule has 0 aliphatic rings. The summed E-state index contributed by atoms with van der Waals surface area (Å²) in [5.41, 5.74) is 5.42. The molecule has 0 fully saturated rings. The molecule has 5 heteroatoms. The third kappa shape index (κ3) is 8.35. The van der Waals surface area contributed by atoms with Crippen molar-refractivity contribution in [3.05, 3.63) is 70.8 Å². The Morgan fingerprint density at radius 3 is 1.50 bits per heavy atom. The molecule has 0 aromatic heterocycles. The third-order valence-electron chi connectivity index (χ3n) is 5.66. The molecular formula is C25H37O4P. The quantitative estimate of drug-likeness (QED) is 0.277. The summed E-state index contributed by atoms with van der Waals surface area (Å²) in [5.74, 6) is 1.41. The van der Waals surface area contributed by atoms with Gasteiger partial charge >= 0.3 is 7.82 Å². The molecule has 0 aliphatic carbocycles. The van der Waals surface area contributed by atoms with E-state index in [1.165, 1.54) is 22.3 Å². The van der Waals surface area contributed by atoms with Crippen molar-refractivity contribution in [1.29, 1.82) is 0 Å². The fraction of sp³-hybridized carbons (Fsp3) is 0.520. The zero-order valence-electron chi connectivity index (χ0n) is 18.8. The Morgan fingerprint density at radius 1 is 0.700 bits per heavy atom. The first-order valence-electron chi connectivity index (χ1n) is 11.1. The standard InChI is InChI=1S/C25H37O4P/c1-19(2)21-10-14-23(15-11-21)25(24-16-12-22(13-17-24)20(3)4)9-7-5-6-8-18-29-30(26,27)28/h10-17,19-20,25H,5-9,18H2,1-4H3,(H2,26,27,28). The van der Waals surface area contributed by atoms with Crippen molar-refractivity contribution in [3.8, 4) is 0 Å². The Bertz CT molecular complexity index is 739. The Morgan fingerprint density at radius 2 is 1.10 bits per heavy atom. The maximum atomic E-state index is 10.7. The normalized spacial score (nSPS) is 12.3. The van der Waals surface area contributed by atoms with Crippen molar-refractivity contribution in [2.75, 3.05) is 6.61 Å². The summed E-state index contributed by atoms with van der Waals surface area (Å²) in [4.78, 5) is 17.5. The number of unbranched alkanes of at least 4 members (excludes halogenated alkanes) is 3. The predicted molar refractivity (Wildman–Crippen MR) is 124 cm³/mol. The molecule has 2 aromatic carbocycles. The monoisotopic (exact) mass is 432 g/mol. The van der Waals surface area contributed by atoms with Crippen LogP contribution in [0.15, 0.2) is 48.5 Å². The van der Waals surface area contributed by atoms with Crippen LogP contribution in [0, 0.1) is 0 Å². The lowest BCUT2D eigenvalue weighted by Crippen LogP contribution is -2.03. The van der Waals surface area contributed by atoms with Crippen molar-refractivity contribution < 1.29 is 18.9 Å². The number of hydrogen-bond acceptors (Lipinski definition) is 2. The van der Waals surface area contributed by atoms with Crippen molar-refractivity contribution in [2.24, 2.45) is 0 Å². The second-order valence-corrected chi connectivity index (χ2v) is 9.96. The van der Waals surface area contributed by atoms with Crippen LogP contribution >= 0.6 is 7.82 Å². The van der Waals surface area contributed by atoms with Gasteiger partial charge in [-0.25, -0.2) is 4.57 Å². The van der Waals surface area contributed by atoms with E-state index in [2.05, 4.69) is 80.7 Å². The van der Waals surface area contributed by atoms with Crippen LogP contribution in [0.3, 0.4) is 0 Å². The Kier molecular flexibility index (Phi) is 9.77. The number of phosphoric acid groups is 1.